The van der Waals surface area contributed by atoms with E-state index in [0.29, 0.717) is 30.3 Å². The van der Waals surface area contributed by atoms with E-state index in [1.807, 2.05) is 18.2 Å². The molecular formula is C21H20FN5O. The van der Waals surface area contributed by atoms with Crippen molar-refractivity contribution in [2.75, 3.05) is 36.4 Å². The molecule has 1 fully saturated rings. The van der Waals surface area contributed by atoms with Gasteiger partial charge in [0, 0.05) is 37.9 Å². The van der Waals surface area contributed by atoms with E-state index in [1.165, 1.54) is 12.4 Å². The average Bonchev–Trinajstić information content (AvgIpc) is 2.76. The highest BCUT2D eigenvalue weighted by molar-refractivity contribution is 5.93. The number of rotatable bonds is 4. The van der Waals surface area contributed by atoms with Gasteiger partial charge in [0.15, 0.2) is 0 Å². The monoisotopic (exact) mass is 377 g/mol. The molecule has 2 heterocycles. The molecule has 142 valence electrons. The molecule has 2 aromatic carbocycles. The lowest BCUT2D eigenvalue weighted by Crippen LogP contribution is -2.49. The van der Waals surface area contributed by atoms with Crippen molar-refractivity contribution in [1.29, 1.82) is 0 Å². The van der Waals surface area contributed by atoms with Crippen molar-refractivity contribution in [2.45, 2.75) is 0 Å². The standard InChI is InChI=1S/C21H20FN5O/c22-17-8-4-5-9-18(17)25-20-14-19(23-15-24-20)21(28)27-12-10-26(11-13-27)16-6-2-1-3-7-16/h1-9,14-15H,10-13H2,(H,23,24,25). The molecule has 4 rings (SSSR count). The Kier molecular flexibility index (Phi) is 5.14. The number of amides is 1. The molecule has 1 amide bonds. The van der Waals surface area contributed by atoms with Gasteiger partial charge in [-0.15, -0.1) is 0 Å². The molecule has 0 atom stereocenters. The molecule has 0 unspecified atom stereocenters. The lowest BCUT2D eigenvalue weighted by Gasteiger charge is -2.36. The van der Waals surface area contributed by atoms with E-state index in [1.54, 1.807) is 29.2 Å². The fraction of sp³-hybridized carbons (Fsp3) is 0.190. The fourth-order valence-electron chi connectivity index (χ4n) is 3.21. The summed E-state index contributed by atoms with van der Waals surface area (Å²) < 4.78 is 13.8. The van der Waals surface area contributed by atoms with Gasteiger partial charge in [0.1, 0.15) is 23.7 Å². The maximum atomic E-state index is 13.8. The van der Waals surface area contributed by atoms with Gasteiger partial charge in [-0.05, 0) is 24.3 Å². The number of para-hydroxylation sites is 2. The molecule has 1 N–H and O–H groups in total. The average molecular weight is 377 g/mol. The molecule has 0 saturated carbocycles. The van der Waals surface area contributed by atoms with Gasteiger partial charge >= 0.3 is 0 Å². The van der Waals surface area contributed by atoms with Crippen molar-refractivity contribution >= 4 is 23.1 Å². The molecule has 0 bridgehead atoms. The molecule has 6 nitrogen and oxygen atoms in total. The molecule has 0 radical (unpaired) electrons. The van der Waals surface area contributed by atoms with Crippen molar-refractivity contribution in [3.8, 4) is 0 Å². The maximum absolute atomic E-state index is 13.8. The summed E-state index contributed by atoms with van der Waals surface area (Å²) in [5, 5.41) is 2.89. The SMILES string of the molecule is O=C(c1cc(Nc2ccccc2F)ncn1)N1CCN(c2ccccc2)CC1. The van der Waals surface area contributed by atoms with Crippen molar-refractivity contribution in [3.63, 3.8) is 0 Å². The number of carbonyl (C=O) groups excluding carboxylic acids is 1. The minimum Gasteiger partial charge on any atom is -0.368 e. The van der Waals surface area contributed by atoms with Crippen molar-refractivity contribution < 1.29 is 9.18 Å². The topological polar surface area (TPSA) is 61.4 Å². The second kappa shape index (κ2) is 8.04. The zero-order valence-electron chi connectivity index (χ0n) is 15.3. The highest BCUT2D eigenvalue weighted by Crippen LogP contribution is 2.19. The Morgan fingerprint density at radius 2 is 1.64 bits per heavy atom. The first-order valence-corrected chi connectivity index (χ1v) is 9.13. The van der Waals surface area contributed by atoms with E-state index >= 15 is 0 Å². The Hall–Kier alpha value is -3.48. The van der Waals surface area contributed by atoms with E-state index in [-0.39, 0.29) is 11.7 Å². The highest BCUT2D eigenvalue weighted by Gasteiger charge is 2.23. The van der Waals surface area contributed by atoms with Gasteiger partial charge in [-0.25, -0.2) is 14.4 Å². The number of hydrogen-bond acceptors (Lipinski definition) is 5. The zero-order valence-corrected chi connectivity index (χ0v) is 15.3. The summed E-state index contributed by atoms with van der Waals surface area (Å²) in [4.78, 5) is 25.1. The molecule has 1 aliphatic rings. The molecule has 7 heteroatoms. The summed E-state index contributed by atoms with van der Waals surface area (Å²) in [5.74, 6) is -0.149. The number of nitrogens with zero attached hydrogens (tertiary/aromatic N) is 4. The number of hydrogen-bond donors (Lipinski definition) is 1. The van der Waals surface area contributed by atoms with Crippen LogP contribution < -0.4 is 10.2 Å². The van der Waals surface area contributed by atoms with Crippen LogP contribution in [0.15, 0.2) is 67.0 Å². The van der Waals surface area contributed by atoms with Crippen LogP contribution in [0, 0.1) is 5.82 Å². The minimum absolute atomic E-state index is 0.147. The van der Waals surface area contributed by atoms with E-state index in [4.69, 9.17) is 0 Å². The van der Waals surface area contributed by atoms with Crippen LogP contribution in [0.1, 0.15) is 10.5 Å². The zero-order chi connectivity index (χ0) is 19.3. The first-order valence-electron chi connectivity index (χ1n) is 9.13. The first kappa shape index (κ1) is 17.9. The van der Waals surface area contributed by atoms with E-state index in [9.17, 15) is 9.18 Å². The number of halogens is 1. The van der Waals surface area contributed by atoms with Crippen LogP contribution in [-0.2, 0) is 0 Å². The minimum atomic E-state index is -0.383. The van der Waals surface area contributed by atoms with E-state index < -0.39 is 0 Å². The summed E-state index contributed by atoms with van der Waals surface area (Å²) >= 11 is 0. The summed E-state index contributed by atoms with van der Waals surface area (Å²) in [6.45, 7) is 2.77. The number of carbonyl (C=O) groups is 1. The van der Waals surface area contributed by atoms with Crippen molar-refractivity contribution in [1.82, 2.24) is 14.9 Å². The number of nitrogens with one attached hydrogen (secondary N) is 1. The lowest BCUT2D eigenvalue weighted by atomic mass is 10.2. The Labute approximate surface area is 162 Å². The van der Waals surface area contributed by atoms with Gasteiger partial charge < -0.3 is 15.1 Å². The summed E-state index contributed by atoms with van der Waals surface area (Å²) in [6, 6.07) is 18.0. The van der Waals surface area contributed by atoms with Crippen molar-refractivity contribution in [3.05, 3.63) is 78.5 Å². The van der Waals surface area contributed by atoms with Crippen LogP contribution in [0.3, 0.4) is 0 Å². The third kappa shape index (κ3) is 3.93. The molecule has 0 spiro atoms. The fourth-order valence-corrected chi connectivity index (χ4v) is 3.21. The predicted octanol–water partition coefficient (Wildman–Crippen LogP) is 3.32. The predicted molar refractivity (Wildman–Crippen MR) is 106 cm³/mol. The van der Waals surface area contributed by atoms with Crippen LogP contribution in [0.4, 0.5) is 21.6 Å². The third-order valence-corrected chi connectivity index (χ3v) is 4.71. The van der Waals surface area contributed by atoms with E-state index in [2.05, 4.69) is 32.3 Å². The van der Waals surface area contributed by atoms with Gasteiger partial charge in [-0.2, -0.15) is 0 Å². The Morgan fingerprint density at radius 3 is 2.39 bits per heavy atom. The number of aromatic nitrogens is 2. The van der Waals surface area contributed by atoms with Crippen LogP contribution in [0.2, 0.25) is 0 Å². The van der Waals surface area contributed by atoms with Gasteiger partial charge in [0.05, 0.1) is 5.69 Å². The maximum Gasteiger partial charge on any atom is 0.272 e. The summed E-state index contributed by atoms with van der Waals surface area (Å²) in [6.07, 6.45) is 1.32. The lowest BCUT2D eigenvalue weighted by molar-refractivity contribution is 0.0740. The molecule has 1 aromatic heterocycles. The number of piperazine rings is 1. The third-order valence-electron chi connectivity index (χ3n) is 4.71. The van der Waals surface area contributed by atoms with Gasteiger partial charge in [-0.1, -0.05) is 30.3 Å². The molecule has 0 aliphatic carbocycles. The quantitative estimate of drug-likeness (QED) is 0.756. The summed E-state index contributed by atoms with van der Waals surface area (Å²) in [7, 11) is 0. The van der Waals surface area contributed by atoms with E-state index in [0.717, 1.165) is 18.8 Å². The highest BCUT2D eigenvalue weighted by atomic mass is 19.1. The molecule has 28 heavy (non-hydrogen) atoms. The Bertz CT molecular complexity index is 958. The van der Waals surface area contributed by atoms with Crippen LogP contribution in [-0.4, -0.2) is 47.0 Å². The van der Waals surface area contributed by atoms with Gasteiger partial charge in [0.25, 0.3) is 5.91 Å². The smallest absolute Gasteiger partial charge is 0.272 e. The van der Waals surface area contributed by atoms with Crippen molar-refractivity contribution in [2.24, 2.45) is 0 Å². The second-order valence-electron chi connectivity index (χ2n) is 6.51. The molecule has 1 saturated heterocycles. The Morgan fingerprint density at radius 1 is 0.929 bits per heavy atom. The van der Waals surface area contributed by atoms with Crippen LogP contribution >= 0.6 is 0 Å². The molecule has 1 aliphatic heterocycles. The first-order chi connectivity index (χ1) is 13.7. The summed E-state index contributed by atoms with van der Waals surface area (Å²) in [5.41, 5.74) is 1.76. The molecule has 3 aromatic rings. The second-order valence-corrected chi connectivity index (χ2v) is 6.51. The largest absolute Gasteiger partial charge is 0.368 e. The number of anilines is 3. The van der Waals surface area contributed by atoms with Crippen LogP contribution in [0.5, 0.6) is 0 Å². The van der Waals surface area contributed by atoms with Gasteiger partial charge in [0.2, 0.25) is 0 Å². The molecular weight excluding hydrogens is 357 g/mol. The van der Waals surface area contributed by atoms with Crippen LogP contribution in [0.25, 0.3) is 0 Å². The Balaban J connectivity index is 1.42. The number of benzene rings is 2. The normalized spacial score (nSPS) is 14.0. The van der Waals surface area contributed by atoms with Gasteiger partial charge in [-0.3, -0.25) is 4.79 Å².